The molecule has 2 aromatic carbocycles. The van der Waals surface area contributed by atoms with Crippen LogP contribution >= 0.6 is 11.3 Å². The molecule has 1 aliphatic heterocycles. The zero-order valence-corrected chi connectivity index (χ0v) is 19.2. The van der Waals surface area contributed by atoms with E-state index in [0.29, 0.717) is 39.0 Å². The molecule has 1 fully saturated rings. The van der Waals surface area contributed by atoms with Gasteiger partial charge in [-0.2, -0.15) is 0 Å². The number of carbonyl (C=O) groups excluding carboxylic acids is 2. The highest BCUT2D eigenvalue weighted by Crippen LogP contribution is 2.20. The van der Waals surface area contributed by atoms with Crippen LogP contribution in [-0.2, 0) is 28.9 Å². The molecule has 7 heteroatoms. The molecule has 0 atom stereocenters. The maximum absolute atomic E-state index is 12.8. The van der Waals surface area contributed by atoms with Gasteiger partial charge in [-0.05, 0) is 17.2 Å². The summed E-state index contributed by atoms with van der Waals surface area (Å²) in [4.78, 5) is 37.2. The minimum absolute atomic E-state index is 0.0790. The number of aromatic nitrogens is 2. The number of amides is 2. The molecule has 0 spiro atoms. The van der Waals surface area contributed by atoms with Crippen molar-refractivity contribution in [1.29, 1.82) is 0 Å². The van der Waals surface area contributed by atoms with Gasteiger partial charge in [0.1, 0.15) is 0 Å². The Kier molecular flexibility index (Phi) is 6.21. The average molecular weight is 459 g/mol. The first-order chi connectivity index (χ1) is 16.2. The van der Waals surface area contributed by atoms with Crippen LogP contribution in [0.25, 0.3) is 10.9 Å². The molecule has 168 valence electrons. The topological polar surface area (TPSA) is 69.3 Å². The maximum atomic E-state index is 12.8. The van der Waals surface area contributed by atoms with Gasteiger partial charge in [-0.25, -0.2) is 4.98 Å². The normalized spacial score (nSPS) is 14.1. The van der Waals surface area contributed by atoms with E-state index in [1.54, 1.807) is 11.3 Å². The van der Waals surface area contributed by atoms with Crippen molar-refractivity contribution < 1.29 is 9.59 Å². The molecule has 0 radical (unpaired) electrons. The van der Waals surface area contributed by atoms with Crippen LogP contribution in [0.3, 0.4) is 0 Å². The van der Waals surface area contributed by atoms with Gasteiger partial charge in [0.15, 0.2) is 0 Å². The minimum Gasteiger partial charge on any atom is -0.361 e. The van der Waals surface area contributed by atoms with Crippen LogP contribution in [0.2, 0.25) is 0 Å². The highest BCUT2D eigenvalue weighted by Gasteiger charge is 2.25. The molecule has 4 aromatic rings. The van der Waals surface area contributed by atoms with Crippen LogP contribution in [0, 0.1) is 0 Å². The molecule has 6 nitrogen and oxygen atoms in total. The van der Waals surface area contributed by atoms with Gasteiger partial charge >= 0.3 is 0 Å². The minimum atomic E-state index is 0.0790. The number of nitrogens with zero attached hydrogens (tertiary/aromatic N) is 3. The molecule has 3 heterocycles. The fraction of sp³-hybridized carbons (Fsp3) is 0.269. The molecule has 1 saturated heterocycles. The number of rotatable bonds is 6. The molecule has 2 amide bonds. The van der Waals surface area contributed by atoms with Crippen LogP contribution < -0.4 is 0 Å². The first-order valence-electron chi connectivity index (χ1n) is 11.2. The summed E-state index contributed by atoms with van der Waals surface area (Å²) in [5, 5.41) is 4.10. The van der Waals surface area contributed by atoms with E-state index in [-0.39, 0.29) is 11.8 Å². The van der Waals surface area contributed by atoms with Gasteiger partial charge in [0.25, 0.3) is 0 Å². The van der Waals surface area contributed by atoms with Gasteiger partial charge < -0.3 is 14.8 Å². The number of thiazole rings is 1. The first-order valence-corrected chi connectivity index (χ1v) is 12.1. The predicted molar refractivity (Wildman–Crippen MR) is 130 cm³/mol. The summed E-state index contributed by atoms with van der Waals surface area (Å²) >= 11 is 1.60. The lowest BCUT2D eigenvalue weighted by molar-refractivity contribution is -0.138. The third kappa shape index (κ3) is 4.98. The Labute approximate surface area is 196 Å². The predicted octanol–water partition coefficient (Wildman–Crippen LogP) is 3.67. The molecule has 0 unspecified atom stereocenters. The number of hydrogen-bond donors (Lipinski definition) is 1. The van der Waals surface area contributed by atoms with Crippen molar-refractivity contribution in [2.45, 2.75) is 19.3 Å². The Balaban J connectivity index is 1.12. The number of nitrogens with one attached hydrogen (secondary N) is 1. The number of piperazine rings is 1. The fourth-order valence-corrected chi connectivity index (χ4v) is 5.13. The van der Waals surface area contributed by atoms with Crippen molar-refractivity contribution >= 4 is 34.1 Å². The molecule has 33 heavy (non-hydrogen) atoms. The first kappa shape index (κ1) is 21.4. The van der Waals surface area contributed by atoms with Crippen molar-refractivity contribution in [3.8, 4) is 0 Å². The van der Waals surface area contributed by atoms with Crippen molar-refractivity contribution in [2.75, 3.05) is 26.2 Å². The molecule has 0 saturated carbocycles. The van der Waals surface area contributed by atoms with E-state index in [4.69, 9.17) is 0 Å². The Morgan fingerprint density at radius 1 is 0.879 bits per heavy atom. The van der Waals surface area contributed by atoms with Gasteiger partial charge in [-0.15, -0.1) is 11.3 Å². The highest BCUT2D eigenvalue weighted by atomic mass is 32.1. The number of benzene rings is 2. The molecular weight excluding hydrogens is 432 g/mol. The Morgan fingerprint density at radius 3 is 2.30 bits per heavy atom. The van der Waals surface area contributed by atoms with E-state index in [2.05, 4.69) is 22.1 Å². The van der Waals surface area contributed by atoms with Gasteiger partial charge in [0, 0.05) is 55.1 Å². The zero-order chi connectivity index (χ0) is 22.6. The van der Waals surface area contributed by atoms with Crippen LogP contribution in [0.5, 0.6) is 0 Å². The Morgan fingerprint density at radius 2 is 1.55 bits per heavy atom. The molecule has 0 bridgehead atoms. The SMILES string of the molecule is O=C(Cc1csc(Cc2ccccc2)n1)N1CCN(C(=O)Cc2c[nH]c3ccccc23)CC1. The zero-order valence-electron chi connectivity index (χ0n) is 18.4. The second-order valence-corrected chi connectivity index (χ2v) is 9.31. The van der Waals surface area contributed by atoms with E-state index in [1.165, 1.54) is 5.56 Å². The Bertz CT molecular complexity index is 1260. The smallest absolute Gasteiger partial charge is 0.228 e. The van der Waals surface area contributed by atoms with Crippen molar-refractivity contribution in [3.63, 3.8) is 0 Å². The van der Waals surface area contributed by atoms with Crippen LogP contribution in [0.15, 0.2) is 66.2 Å². The summed E-state index contributed by atoms with van der Waals surface area (Å²) in [6, 6.07) is 18.3. The molecular formula is C26H26N4O2S. The number of aromatic amines is 1. The third-order valence-corrected chi connectivity index (χ3v) is 7.03. The number of hydrogen-bond acceptors (Lipinski definition) is 4. The van der Waals surface area contributed by atoms with E-state index < -0.39 is 0 Å². The van der Waals surface area contributed by atoms with Gasteiger partial charge in [-0.1, -0.05) is 48.5 Å². The van der Waals surface area contributed by atoms with Gasteiger partial charge in [-0.3, -0.25) is 9.59 Å². The van der Waals surface area contributed by atoms with Crippen LogP contribution in [0.1, 0.15) is 21.8 Å². The summed E-state index contributed by atoms with van der Waals surface area (Å²) in [7, 11) is 0. The lowest BCUT2D eigenvalue weighted by atomic mass is 10.1. The van der Waals surface area contributed by atoms with E-state index in [0.717, 1.165) is 33.6 Å². The van der Waals surface area contributed by atoms with Crippen molar-refractivity contribution in [1.82, 2.24) is 19.8 Å². The summed E-state index contributed by atoms with van der Waals surface area (Å²) in [5.74, 6) is 0.187. The largest absolute Gasteiger partial charge is 0.361 e. The van der Waals surface area contributed by atoms with E-state index >= 15 is 0 Å². The van der Waals surface area contributed by atoms with E-state index in [9.17, 15) is 9.59 Å². The van der Waals surface area contributed by atoms with Gasteiger partial charge in [0.05, 0.1) is 23.5 Å². The third-order valence-electron chi connectivity index (χ3n) is 6.13. The summed E-state index contributed by atoms with van der Waals surface area (Å²) in [5.41, 5.74) is 4.11. The monoisotopic (exact) mass is 458 g/mol. The number of carbonyl (C=O) groups is 2. The molecule has 0 aliphatic carbocycles. The number of fused-ring (bicyclic) bond motifs is 1. The summed E-state index contributed by atoms with van der Waals surface area (Å²) in [6.07, 6.45) is 3.40. The maximum Gasteiger partial charge on any atom is 0.228 e. The molecule has 5 rings (SSSR count). The summed E-state index contributed by atoms with van der Waals surface area (Å²) < 4.78 is 0. The quantitative estimate of drug-likeness (QED) is 0.479. The average Bonchev–Trinajstić information content (AvgIpc) is 3.46. The standard InChI is InChI=1S/C26H26N4O2S/c31-25(15-20-17-27-23-9-5-4-8-22(20)23)29-10-12-30(13-11-29)26(32)16-21-18-33-24(28-21)14-19-6-2-1-3-7-19/h1-9,17-18,27H,10-16H2. The highest BCUT2D eigenvalue weighted by molar-refractivity contribution is 7.09. The van der Waals surface area contributed by atoms with Crippen molar-refractivity contribution in [2.24, 2.45) is 0 Å². The second-order valence-electron chi connectivity index (χ2n) is 8.37. The lowest BCUT2D eigenvalue weighted by Crippen LogP contribution is -2.51. The van der Waals surface area contributed by atoms with E-state index in [1.807, 2.05) is 63.8 Å². The molecule has 2 aromatic heterocycles. The Hall–Kier alpha value is -3.45. The fourth-order valence-electron chi connectivity index (χ4n) is 4.31. The van der Waals surface area contributed by atoms with Crippen LogP contribution in [0.4, 0.5) is 0 Å². The molecule has 1 N–H and O–H groups in total. The summed E-state index contributed by atoms with van der Waals surface area (Å²) in [6.45, 7) is 2.28. The lowest BCUT2D eigenvalue weighted by Gasteiger charge is -2.34. The molecule has 1 aliphatic rings. The van der Waals surface area contributed by atoms with Gasteiger partial charge in [0.2, 0.25) is 11.8 Å². The van der Waals surface area contributed by atoms with Crippen molar-refractivity contribution in [3.05, 3.63) is 88.0 Å². The number of H-pyrrole nitrogens is 1. The van der Waals surface area contributed by atoms with Crippen LogP contribution in [-0.4, -0.2) is 57.8 Å². The second kappa shape index (κ2) is 9.58. The number of para-hydroxylation sites is 1.